The highest BCUT2D eigenvalue weighted by Crippen LogP contribution is 2.27. The van der Waals surface area contributed by atoms with Gasteiger partial charge < -0.3 is 4.98 Å². The molecule has 134 valence electrons. The quantitative estimate of drug-likeness (QED) is 0.315. The zero-order valence-corrected chi connectivity index (χ0v) is 15.8. The summed E-state index contributed by atoms with van der Waals surface area (Å²) >= 11 is 8.27. The number of benzene rings is 1. The molecule has 2 rings (SSSR count). The SMILES string of the molecule is O=C(CS(=O)(=O)c1c[nH]cc1S(=O)(=O)c1ccccc1)NNC(=S)S. The molecule has 1 aromatic heterocycles. The molecular weight excluding hydrogens is 406 g/mol. The molecule has 1 aromatic carbocycles. The van der Waals surface area contributed by atoms with E-state index >= 15 is 0 Å². The first-order valence-electron chi connectivity index (χ1n) is 6.62. The van der Waals surface area contributed by atoms with Gasteiger partial charge >= 0.3 is 0 Å². The summed E-state index contributed by atoms with van der Waals surface area (Å²) < 4.78 is 50.1. The Hall–Kier alpha value is -1.89. The topological polar surface area (TPSA) is 125 Å². The molecule has 0 aliphatic carbocycles. The number of hydrogen-bond acceptors (Lipinski definition) is 6. The molecular formula is C13H13N3O5S4. The fourth-order valence-electron chi connectivity index (χ4n) is 1.92. The molecule has 0 unspecified atom stereocenters. The first-order chi connectivity index (χ1) is 11.6. The van der Waals surface area contributed by atoms with Crippen molar-refractivity contribution in [3.05, 3.63) is 42.7 Å². The lowest BCUT2D eigenvalue weighted by atomic mass is 10.4. The van der Waals surface area contributed by atoms with Crippen LogP contribution in [0.1, 0.15) is 0 Å². The lowest BCUT2D eigenvalue weighted by Crippen LogP contribution is -2.42. The van der Waals surface area contributed by atoms with Crippen molar-refractivity contribution in [2.45, 2.75) is 14.7 Å². The van der Waals surface area contributed by atoms with E-state index in [1.165, 1.54) is 24.3 Å². The molecule has 0 aliphatic rings. The van der Waals surface area contributed by atoms with Gasteiger partial charge in [-0.2, -0.15) is 0 Å². The number of aromatic nitrogens is 1. The van der Waals surface area contributed by atoms with Crippen molar-refractivity contribution < 1.29 is 21.6 Å². The number of carbonyl (C=O) groups is 1. The van der Waals surface area contributed by atoms with Gasteiger partial charge in [-0.15, -0.1) is 12.6 Å². The molecule has 0 saturated heterocycles. The molecule has 3 N–H and O–H groups in total. The smallest absolute Gasteiger partial charge is 0.253 e. The Bertz CT molecular complexity index is 997. The van der Waals surface area contributed by atoms with Crippen molar-refractivity contribution in [3.63, 3.8) is 0 Å². The molecule has 0 saturated carbocycles. The molecule has 0 fully saturated rings. The van der Waals surface area contributed by atoms with Gasteiger partial charge in [0.2, 0.25) is 9.84 Å². The third-order valence-electron chi connectivity index (χ3n) is 2.98. The Labute approximate surface area is 155 Å². The summed E-state index contributed by atoms with van der Waals surface area (Å²) in [5.41, 5.74) is 4.23. The Kier molecular flexibility index (Phi) is 5.87. The standard InChI is InChI=1S/C13H13N3O5S4/c17-12(15-16-13(22)23)8-24(18,19)10-6-14-7-11(10)25(20,21)9-4-2-1-3-5-9/h1-7,14H,8H2,(H,15,17)(H2,16,22,23). The summed E-state index contributed by atoms with van der Waals surface area (Å²) in [5, 5.41) is 0. The summed E-state index contributed by atoms with van der Waals surface area (Å²) in [6.07, 6.45) is 2.09. The van der Waals surface area contributed by atoms with E-state index in [-0.39, 0.29) is 9.22 Å². The van der Waals surface area contributed by atoms with Crippen molar-refractivity contribution in [1.29, 1.82) is 0 Å². The number of aromatic amines is 1. The van der Waals surface area contributed by atoms with Crippen LogP contribution in [0.5, 0.6) is 0 Å². The molecule has 2 aromatic rings. The van der Waals surface area contributed by atoms with Crippen molar-refractivity contribution in [2.75, 3.05) is 5.75 Å². The van der Waals surface area contributed by atoms with E-state index in [9.17, 15) is 21.6 Å². The predicted octanol–water partition coefficient (Wildman–Crippen LogP) is 0.457. The second kappa shape index (κ2) is 7.56. The van der Waals surface area contributed by atoms with Gasteiger partial charge in [0.25, 0.3) is 5.91 Å². The molecule has 8 nitrogen and oxygen atoms in total. The van der Waals surface area contributed by atoms with E-state index in [2.05, 4.69) is 35.3 Å². The molecule has 12 heteroatoms. The number of thiol groups is 1. The fourth-order valence-corrected chi connectivity index (χ4v) is 5.24. The van der Waals surface area contributed by atoms with Gasteiger partial charge in [-0.1, -0.05) is 30.4 Å². The molecule has 1 heterocycles. The van der Waals surface area contributed by atoms with Crippen molar-refractivity contribution in [3.8, 4) is 0 Å². The predicted molar refractivity (Wildman–Crippen MR) is 97.6 cm³/mol. The zero-order valence-electron chi connectivity index (χ0n) is 12.5. The minimum atomic E-state index is -4.22. The van der Waals surface area contributed by atoms with Gasteiger partial charge in [-0.25, -0.2) is 16.8 Å². The van der Waals surface area contributed by atoms with Crippen molar-refractivity contribution in [1.82, 2.24) is 15.8 Å². The van der Waals surface area contributed by atoms with Crippen molar-refractivity contribution in [2.24, 2.45) is 0 Å². The van der Waals surface area contributed by atoms with Crippen LogP contribution in [0.3, 0.4) is 0 Å². The second-order valence-electron chi connectivity index (χ2n) is 4.74. The average Bonchev–Trinajstić information content (AvgIpc) is 3.05. The van der Waals surface area contributed by atoms with Crippen LogP contribution < -0.4 is 10.9 Å². The minimum absolute atomic E-state index is 0.0558. The molecule has 0 spiro atoms. The zero-order chi connectivity index (χ0) is 18.7. The number of amides is 1. The Morgan fingerprint density at radius 3 is 2.24 bits per heavy atom. The molecule has 0 atom stereocenters. The van der Waals surface area contributed by atoms with Crippen LogP contribution in [0, 0.1) is 0 Å². The van der Waals surface area contributed by atoms with Crippen LogP contribution in [0.2, 0.25) is 0 Å². The summed E-state index contributed by atoms with van der Waals surface area (Å²) in [6.45, 7) is 0. The van der Waals surface area contributed by atoms with Crippen LogP contribution in [0.15, 0.2) is 57.4 Å². The highest BCUT2D eigenvalue weighted by atomic mass is 32.2. The Morgan fingerprint density at radius 1 is 1.04 bits per heavy atom. The highest BCUT2D eigenvalue weighted by molar-refractivity contribution is 8.11. The number of nitrogens with one attached hydrogen (secondary N) is 3. The largest absolute Gasteiger partial charge is 0.365 e. The second-order valence-corrected chi connectivity index (χ2v) is 9.77. The maximum atomic E-state index is 12.6. The number of rotatable bonds is 5. The van der Waals surface area contributed by atoms with Gasteiger partial charge in [0.05, 0.1) is 4.90 Å². The van der Waals surface area contributed by atoms with Crippen LogP contribution in [-0.2, 0) is 24.5 Å². The lowest BCUT2D eigenvalue weighted by molar-refractivity contribution is -0.119. The maximum Gasteiger partial charge on any atom is 0.253 e. The van der Waals surface area contributed by atoms with E-state index in [1.54, 1.807) is 6.07 Å². The molecule has 25 heavy (non-hydrogen) atoms. The third kappa shape index (κ3) is 4.60. The molecule has 1 amide bonds. The number of sulfone groups is 2. The first-order valence-corrected chi connectivity index (χ1v) is 10.6. The van der Waals surface area contributed by atoms with Gasteiger partial charge in [0.1, 0.15) is 19.9 Å². The monoisotopic (exact) mass is 419 g/mol. The number of carbonyl (C=O) groups excluding carboxylic acids is 1. The van der Waals surface area contributed by atoms with Crippen LogP contribution in [-0.4, -0.2) is 37.8 Å². The van der Waals surface area contributed by atoms with E-state index in [4.69, 9.17) is 0 Å². The molecule has 0 aliphatic heterocycles. The maximum absolute atomic E-state index is 12.6. The van der Waals surface area contributed by atoms with E-state index in [1.807, 2.05) is 5.43 Å². The Morgan fingerprint density at radius 2 is 1.64 bits per heavy atom. The van der Waals surface area contributed by atoms with Crippen LogP contribution in [0.4, 0.5) is 0 Å². The first kappa shape index (κ1) is 19.4. The molecule has 0 radical (unpaired) electrons. The Balaban J connectivity index is 2.35. The number of hydrogen-bond donors (Lipinski definition) is 4. The van der Waals surface area contributed by atoms with Gasteiger partial charge in [0.15, 0.2) is 9.84 Å². The minimum Gasteiger partial charge on any atom is -0.365 e. The number of H-pyrrole nitrogens is 1. The summed E-state index contributed by atoms with van der Waals surface area (Å²) in [7, 11) is -8.28. The van der Waals surface area contributed by atoms with E-state index in [0.717, 1.165) is 12.4 Å². The normalized spacial score (nSPS) is 11.7. The van der Waals surface area contributed by atoms with Crippen molar-refractivity contribution >= 4 is 54.7 Å². The van der Waals surface area contributed by atoms with E-state index < -0.39 is 41.1 Å². The van der Waals surface area contributed by atoms with Gasteiger partial charge in [0, 0.05) is 12.4 Å². The number of hydrazine groups is 1. The third-order valence-corrected chi connectivity index (χ3v) is 6.78. The summed E-state index contributed by atoms with van der Waals surface area (Å²) in [6, 6.07) is 7.38. The summed E-state index contributed by atoms with van der Waals surface area (Å²) in [4.78, 5) is 13.2. The van der Waals surface area contributed by atoms with Crippen LogP contribution in [0.25, 0.3) is 0 Å². The lowest BCUT2D eigenvalue weighted by Gasteiger charge is -2.08. The molecule has 0 bridgehead atoms. The fraction of sp³-hybridized carbons (Fsp3) is 0.0769. The highest BCUT2D eigenvalue weighted by Gasteiger charge is 2.30. The average molecular weight is 420 g/mol. The summed E-state index contributed by atoms with van der Waals surface area (Å²) in [5.74, 6) is -1.88. The van der Waals surface area contributed by atoms with Crippen LogP contribution >= 0.6 is 24.8 Å². The number of thiocarbonyl (C=S) groups is 1. The van der Waals surface area contributed by atoms with Gasteiger partial charge in [-0.05, 0) is 12.1 Å². The van der Waals surface area contributed by atoms with E-state index in [0.29, 0.717) is 0 Å². The van der Waals surface area contributed by atoms with Gasteiger partial charge in [-0.3, -0.25) is 15.6 Å².